The number of amides is 1. The van der Waals surface area contributed by atoms with E-state index in [2.05, 4.69) is 0 Å². The highest BCUT2D eigenvalue weighted by Gasteiger charge is 2.32. The van der Waals surface area contributed by atoms with Gasteiger partial charge < -0.3 is 14.5 Å². The molecule has 0 saturated heterocycles. The molecule has 0 aromatic heterocycles. The minimum atomic E-state index is -3.39. The first kappa shape index (κ1) is 26.7. The minimum Gasteiger partial charge on any atom is -0.374 e. The zero-order chi connectivity index (χ0) is 25.0. The van der Waals surface area contributed by atoms with E-state index in [4.69, 9.17) is 4.74 Å². The Morgan fingerprint density at radius 1 is 1.00 bits per heavy atom. The maximum absolute atomic E-state index is 14.2. The summed E-state index contributed by atoms with van der Waals surface area (Å²) in [5, 5.41) is 0. The van der Waals surface area contributed by atoms with E-state index in [9.17, 15) is 17.6 Å². The lowest BCUT2D eigenvalue weighted by Crippen LogP contribution is -2.36. The van der Waals surface area contributed by atoms with E-state index >= 15 is 0 Å². The summed E-state index contributed by atoms with van der Waals surface area (Å²) in [4.78, 5) is 17.5. The summed E-state index contributed by atoms with van der Waals surface area (Å²) in [6.45, 7) is 4.77. The lowest BCUT2D eigenvalue weighted by atomic mass is 9.83. The van der Waals surface area contributed by atoms with Crippen molar-refractivity contribution in [3.8, 4) is 0 Å². The number of carbonyl (C=O) groups excluding carboxylic acids is 1. The normalized spacial score (nSPS) is 13.1. The summed E-state index contributed by atoms with van der Waals surface area (Å²) < 4.78 is 43.9. The molecule has 8 heteroatoms. The Morgan fingerprint density at radius 3 is 2.09 bits per heavy atom. The average molecular weight is 477 g/mol. The summed E-state index contributed by atoms with van der Waals surface area (Å²) in [5.41, 5.74) is 0.936. The van der Waals surface area contributed by atoms with E-state index in [-0.39, 0.29) is 10.8 Å². The summed E-state index contributed by atoms with van der Waals surface area (Å²) in [6.07, 6.45) is 1.14. The Morgan fingerprint density at radius 2 is 1.61 bits per heavy atom. The molecule has 0 atom stereocenters. The van der Waals surface area contributed by atoms with Gasteiger partial charge in [0, 0.05) is 39.1 Å². The van der Waals surface area contributed by atoms with E-state index in [1.165, 1.54) is 31.4 Å². The predicted molar refractivity (Wildman–Crippen MR) is 130 cm³/mol. The quantitative estimate of drug-likeness (QED) is 0.409. The van der Waals surface area contributed by atoms with Crippen LogP contribution in [0.2, 0.25) is 0 Å². The van der Waals surface area contributed by atoms with Gasteiger partial charge in [0.05, 0.1) is 16.1 Å². The summed E-state index contributed by atoms with van der Waals surface area (Å²) in [6, 6.07) is 12.2. The molecule has 33 heavy (non-hydrogen) atoms. The van der Waals surface area contributed by atoms with Crippen molar-refractivity contribution >= 4 is 26.9 Å². The first-order valence-electron chi connectivity index (χ1n) is 10.5. The molecule has 0 bridgehead atoms. The molecule has 0 spiro atoms. The Balaban J connectivity index is 2.83. The molecule has 0 unspecified atom stereocenters. The largest absolute Gasteiger partial charge is 0.374 e. The maximum Gasteiger partial charge on any atom is 0.254 e. The Bertz CT molecular complexity index is 1120. The fraction of sp³-hybridized carbons (Fsp3) is 0.400. The van der Waals surface area contributed by atoms with Crippen molar-refractivity contribution in [3.63, 3.8) is 0 Å². The van der Waals surface area contributed by atoms with Gasteiger partial charge in [-0.25, -0.2) is 12.8 Å². The summed E-state index contributed by atoms with van der Waals surface area (Å²) in [7, 11) is 3.70. The third kappa shape index (κ3) is 6.72. The Hall–Kier alpha value is -2.55. The Kier molecular flexibility index (Phi) is 8.57. The highest BCUT2D eigenvalue weighted by atomic mass is 32.2. The maximum atomic E-state index is 14.2. The second kappa shape index (κ2) is 10.6. The van der Waals surface area contributed by atoms with Crippen LogP contribution in [0.4, 0.5) is 4.39 Å². The van der Waals surface area contributed by atoms with Gasteiger partial charge in [-0.15, -0.1) is 0 Å². The molecule has 0 saturated carbocycles. The first-order chi connectivity index (χ1) is 15.3. The predicted octanol–water partition coefficient (Wildman–Crippen LogP) is 3.59. The van der Waals surface area contributed by atoms with Crippen LogP contribution in [0.1, 0.15) is 25.0 Å². The lowest BCUT2D eigenvalue weighted by Gasteiger charge is -2.31. The zero-order valence-electron chi connectivity index (χ0n) is 20.3. The molecule has 0 fully saturated rings. The van der Waals surface area contributed by atoms with Gasteiger partial charge in [-0.2, -0.15) is 0 Å². The van der Waals surface area contributed by atoms with Crippen molar-refractivity contribution in [2.75, 3.05) is 47.6 Å². The molecule has 6 nitrogen and oxygen atoms in total. The van der Waals surface area contributed by atoms with E-state index in [0.29, 0.717) is 35.4 Å². The number of rotatable bonds is 9. The van der Waals surface area contributed by atoms with Gasteiger partial charge in [-0.05, 0) is 63.3 Å². The number of benzene rings is 2. The van der Waals surface area contributed by atoms with Crippen LogP contribution in [0.3, 0.4) is 0 Å². The average Bonchev–Trinajstić information content (AvgIpc) is 2.74. The molecule has 0 heterocycles. The van der Waals surface area contributed by atoms with Crippen molar-refractivity contribution in [2.45, 2.75) is 24.3 Å². The minimum absolute atomic E-state index is 0.169. The van der Waals surface area contributed by atoms with Crippen LogP contribution in [-0.4, -0.2) is 77.3 Å². The molecule has 0 radical (unpaired) electrons. The van der Waals surface area contributed by atoms with Crippen molar-refractivity contribution in [1.29, 1.82) is 0 Å². The molecule has 0 aliphatic rings. The Labute approximate surface area is 196 Å². The van der Waals surface area contributed by atoms with Crippen LogP contribution in [-0.2, 0) is 19.4 Å². The molecule has 0 aliphatic heterocycles. The number of carbonyl (C=O) groups is 1. The molecule has 2 rings (SSSR count). The van der Waals surface area contributed by atoms with E-state index in [0.717, 1.165) is 6.26 Å². The molecular formula is C25H33FN2O4S. The number of ether oxygens (including phenoxy) is 1. The number of likely N-dealkylation sites (N-methyl/N-ethyl adjacent to an activating group) is 2. The SMILES string of the molecule is COC(C)(C)/C(=C(\C(=O)N(C)CCN(C)C)c1cccc(F)c1)c1ccc(S(C)(=O)=O)cc1. The number of halogens is 1. The highest BCUT2D eigenvalue weighted by Crippen LogP contribution is 2.38. The van der Waals surface area contributed by atoms with Gasteiger partial charge in [0.25, 0.3) is 5.91 Å². The molecule has 2 aromatic rings. The molecule has 0 N–H and O–H groups in total. The summed E-state index contributed by atoms with van der Waals surface area (Å²) in [5.74, 6) is -0.745. The van der Waals surface area contributed by atoms with Gasteiger partial charge in [0.1, 0.15) is 5.82 Å². The fourth-order valence-corrected chi connectivity index (χ4v) is 4.06. The fourth-order valence-electron chi connectivity index (χ4n) is 3.42. The van der Waals surface area contributed by atoms with Gasteiger partial charge in [0.2, 0.25) is 0 Å². The molecule has 2 aromatic carbocycles. The van der Waals surface area contributed by atoms with Gasteiger partial charge in [-0.1, -0.05) is 24.3 Å². The van der Waals surface area contributed by atoms with Crippen LogP contribution < -0.4 is 0 Å². The summed E-state index contributed by atoms with van der Waals surface area (Å²) >= 11 is 0. The number of sulfone groups is 1. The number of hydrogen-bond donors (Lipinski definition) is 0. The standard InChI is InChI=1S/C25H33FN2O4S/c1-25(2,32-6)23(18-11-13-21(14-12-18)33(7,30)31)22(19-9-8-10-20(26)17-19)24(29)28(5)16-15-27(3)4/h8-14,17H,15-16H2,1-7H3/b23-22-. The number of methoxy groups -OCH3 is 1. The smallest absolute Gasteiger partial charge is 0.254 e. The van der Waals surface area contributed by atoms with Crippen molar-refractivity contribution in [3.05, 3.63) is 65.5 Å². The molecule has 180 valence electrons. The van der Waals surface area contributed by atoms with Crippen LogP contribution >= 0.6 is 0 Å². The third-order valence-corrected chi connectivity index (χ3v) is 6.62. The van der Waals surface area contributed by atoms with E-state index < -0.39 is 21.3 Å². The van der Waals surface area contributed by atoms with Crippen LogP contribution in [0, 0.1) is 5.82 Å². The van der Waals surface area contributed by atoms with Crippen molar-refractivity contribution in [1.82, 2.24) is 9.80 Å². The third-order valence-electron chi connectivity index (χ3n) is 5.49. The number of hydrogen-bond acceptors (Lipinski definition) is 5. The van der Waals surface area contributed by atoms with E-state index in [1.54, 1.807) is 36.2 Å². The monoisotopic (exact) mass is 476 g/mol. The molecule has 1 amide bonds. The topological polar surface area (TPSA) is 66.9 Å². The van der Waals surface area contributed by atoms with Crippen LogP contribution in [0.15, 0.2) is 53.4 Å². The second-order valence-electron chi connectivity index (χ2n) is 8.80. The van der Waals surface area contributed by atoms with Crippen molar-refractivity contribution in [2.24, 2.45) is 0 Å². The molecular weight excluding hydrogens is 443 g/mol. The van der Waals surface area contributed by atoms with E-state index in [1.807, 2.05) is 32.8 Å². The lowest BCUT2D eigenvalue weighted by molar-refractivity contribution is -0.123. The van der Waals surface area contributed by atoms with Gasteiger partial charge in [0.15, 0.2) is 9.84 Å². The molecule has 0 aliphatic carbocycles. The van der Waals surface area contributed by atoms with Crippen LogP contribution in [0.25, 0.3) is 11.1 Å². The highest BCUT2D eigenvalue weighted by molar-refractivity contribution is 7.90. The second-order valence-corrected chi connectivity index (χ2v) is 10.8. The van der Waals surface area contributed by atoms with Gasteiger partial charge in [-0.3, -0.25) is 4.79 Å². The van der Waals surface area contributed by atoms with Crippen molar-refractivity contribution < 1.29 is 22.3 Å². The first-order valence-corrected chi connectivity index (χ1v) is 12.4. The number of nitrogens with zero attached hydrogens (tertiary/aromatic N) is 2. The zero-order valence-corrected chi connectivity index (χ0v) is 21.2. The van der Waals surface area contributed by atoms with Crippen LogP contribution in [0.5, 0.6) is 0 Å². The van der Waals surface area contributed by atoms with Gasteiger partial charge >= 0.3 is 0 Å².